The van der Waals surface area contributed by atoms with Crippen LogP contribution in [-0.2, 0) is 0 Å². The number of hydrogen-bond donors (Lipinski definition) is 1. The van der Waals surface area contributed by atoms with Gasteiger partial charge in [0, 0.05) is 16.4 Å². The van der Waals surface area contributed by atoms with Crippen LogP contribution < -0.4 is 0 Å². The minimum atomic E-state index is -0.146. The minimum Gasteiger partial charge on any atom is -0.394 e. The molecule has 16 heavy (non-hydrogen) atoms. The third kappa shape index (κ3) is 1.98. The second kappa shape index (κ2) is 4.53. The molecule has 0 aliphatic rings. The molecule has 5 heteroatoms. The number of fused-ring (bicyclic) bond motifs is 1. The van der Waals surface area contributed by atoms with Crippen LogP contribution in [0.1, 0.15) is 16.6 Å². The van der Waals surface area contributed by atoms with E-state index in [4.69, 9.17) is 5.11 Å². The SMILES string of the molecule is CC(CO)N(C)C(=O)c1cc2sccc2s1. The lowest BCUT2D eigenvalue weighted by Crippen LogP contribution is -2.36. The number of likely N-dealkylation sites (N-methyl/N-ethyl adjacent to an activating group) is 1. The number of aliphatic hydroxyl groups is 1. The number of amides is 1. The Labute approximate surface area is 102 Å². The Balaban J connectivity index is 2.24. The van der Waals surface area contributed by atoms with Gasteiger partial charge in [-0.1, -0.05) is 0 Å². The number of hydrogen-bond acceptors (Lipinski definition) is 4. The van der Waals surface area contributed by atoms with Crippen LogP contribution in [-0.4, -0.2) is 35.6 Å². The van der Waals surface area contributed by atoms with Gasteiger partial charge in [0.15, 0.2) is 0 Å². The summed E-state index contributed by atoms with van der Waals surface area (Å²) in [6, 6.07) is 3.80. The van der Waals surface area contributed by atoms with Crippen LogP contribution >= 0.6 is 22.7 Å². The molecule has 1 unspecified atom stereocenters. The zero-order valence-corrected chi connectivity index (χ0v) is 10.8. The van der Waals surface area contributed by atoms with Crippen molar-refractivity contribution in [1.29, 1.82) is 0 Å². The van der Waals surface area contributed by atoms with E-state index in [9.17, 15) is 4.79 Å². The van der Waals surface area contributed by atoms with E-state index in [1.54, 1.807) is 23.3 Å². The summed E-state index contributed by atoms with van der Waals surface area (Å²) >= 11 is 3.15. The lowest BCUT2D eigenvalue weighted by Gasteiger charge is -2.22. The van der Waals surface area contributed by atoms with E-state index in [0.717, 1.165) is 14.3 Å². The molecule has 0 aromatic carbocycles. The van der Waals surface area contributed by atoms with Crippen molar-refractivity contribution >= 4 is 38.0 Å². The van der Waals surface area contributed by atoms with Crippen LogP contribution in [0.2, 0.25) is 0 Å². The molecule has 2 aromatic heterocycles. The van der Waals surface area contributed by atoms with Crippen molar-refractivity contribution in [3.05, 3.63) is 22.4 Å². The number of carbonyl (C=O) groups is 1. The maximum absolute atomic E-state index is 12.0. The second-order valence-corrected chi connectivity index (χ2v) is 5.74. The van der Waals surface area contributed by atoms with E-state index < -0.39 is 0 Å². The molecule has 2 rings (SSSR count). The van der Waals surface area contributed by atoms with Crippen LogP contribution in [0, 0.1) is 0 Å². The van der Waals surface area contributed by atoms with E-state index in [2.05, 4.69) is 0 Å². The maximum atomic E-state index is 12.0. The maximum Gasteiger partial charge on any atom is 0.264 e. The summed E-state index contributed by atoms with van der Waals surface area (Å²) in [5.41, 5.74) is 0. The highest BCUT2D eigenvalue weighted by atomic mass is 32.1. The highest BCUT2D eigenvalue weighted by molar-refractivity contribution is 7.27. The molecule has 0 aliphatic carbocycles. The molecule has 2 heterocycles. The summed E-state index contributed by atoms with van der Waals surface area (Å²) in [7, 11) is 1.72. The highest BCUT2D eigenvalue weighted by Gasteiger charge is 2.19. The number of rotatable bonds is 3. The lowest BCUT2D eigenvalue weighted by molar-refractivity contribution is 0.0687. The fourth-order valence-corrected chi connectivity index (χ4v) is 3.46. The summed E-state index contributed by atoms with van der Waals surface area (Å²) in [6.07, 6.45) is 0. The van der Waals surface area contributed by atoms with Crippen molar-refractivity contribution in [1.82, 2.24) is 4.90 Å². The van der Waals surface area contributed by atoms with E-state index in [-0.39, 0.29) is 18.6 Å². The molecule has 1 N–H and O–H groups in total. The van der Waals surface area contributed by atoms with E-state index in [1.165, 1.54) is 11.3 Å². The third-order valence-electron chi connectivity index (χ3n) is 2.60. The molecule has 0 fully saturated rings. The van der Waals surface area contributed by atoms with Gasteiger partial charge in [-0.25, -0.2) is 0 Å². The molecule has 0 aliphatic heterocycles. The highest BCUT2D eigenvalue weighted by Crippen LogP contribution is 2.30. The topological polar surface area (TPSA) is 40.5 Å². The van der Waals surface area contributed by atoms with Crippen molar-refractivity contribution < 1.29 is 9.90 Å². The predicted octanol–water partition coefficient (Wildman–Crippen LogP) is 2.42. The van der Waals surface area contributed by atoms with Gasteiger partial charge in [0.25, 0.3) is 5.91 Å². The van der Waals surface area contributed by atoms with E-state index in [0.29, 0.717) is 0 Å². The first-order valence-electron chi connectivity index (χ1n) is 4.98. The van der Waals surface area contributed by atoms with Crippen molar-refractivity contribution in [2.75, 3.05) is 13.7 Å². The number of aliphatic hydroxyl groups excluding tert-OH is 1. The first-order chi connectivity index (χ1) is 7.63. The molecule has 0 saturated heterocycles. The van der Waals surface area contributed by atoms with Crippen LogP contribution in [0.15, 0.2) is 17.5 Å². The monoisotopic (exact) mass is 255 g/mol. The fourth-order valence-electron chi connectivity index (χ4n) is 1.37. The van der Waals surface area contributed by atoms with Crippen LogP contribution in [0.3, 0.4) is 0 Å². The van der Waals surface area contributed by atoms with Crippen LogP contribution in [0.5, 0.6) is 0 Å². The van der Waals surface area contributed by atoms with Crippen LogP contribution in [0.4, 0.5) is 0 Å². The summed E-state index contributed by atoms with van der Waals surface area (Å²) < 4.78 is 2.30. The predicted molar refractivity (Wildman–Crippen MR) is 68.3 cm³/mol. The Morgan fingerprint density at radius 1 is 1.56 bits per heavy atom. The summed E-state index contributed by atoms with van der Waals surface area (Å²) in [5.74, 6) is -0.0186. The van der Waals surface area contributed by atoms with Crippen molar-refractivity contribution in [3.8, 4) is 0 Å². The molecule has 0 bridgehead atoms. The Hall–Kier alpha value is -0.910. The van der Waals surface area contributed by atoms with Crippen molar-refractivity contribution in [2.24, 2.45) is 0 Å². The molecule has 0 spiro atoms. The van der Waals surface area contributed by atoms with Crippen molar-refractivity contribution in [3.63, 3.8) is 0 Å². The normalized spacial score (nSPS) is 12.9. The lowest BCUT2D eigenvalue weighted by atomic mass is 10.3. The first kappa shape index (κ1) is 11.6. The average Bonchev–Trinajstić information content (AvgIpc) is 2.85. The van der Waals surface area contributed by atoms with E-state index in [1.807, 2.05) is 24.4 Å². The Morgan fingerprint density at radius 2 is 2.31 bits per heavy atom. The Bertz CT molecular complexity index is 474. The van der Waals surface area contributed by atoms with Gasteiger partial charge in [0.2, 0.25) is 0 Å². The number of thiophene rings is 2. The van der Waals surface area contributed by atoms with Gasteiger partial charge in [0.1, 0.15) is 0 Å². The van der Waals surface area contributed by atoms with Crippen molar-refractivity contribution in [2.45, 2.75) is 13.0 Å². The third-order valence-corrected chi connectivity index (χ3v) is 4.68. The second-order valence-electron chi connectivity index (χ2n) is 3.71. The quantitative estimate of drug-likeness (QED) is 0.915. The molecular weight excluding hydrogens is 242 g/mol. The molecule has 0 radical (unpaired) electrons. The Morgan fingerprint density at radius 3 is 2.94 bits per heavy atom. The largest absolute Gasteiger partial charge is 0.394 e. The molecule has 0 saturated carbocycles. The minimum absolute atomic E-state index is 0.0119. The fraction of sp³-hybridized carbons (Fsp3) is 0.364. The molecule has 2 aromatic rings. The average molecular weight is 255 g/mol. The number of nitrogens with zero attached hydrogens (tertiary/aromatic N) is 1. The first-order valence-corrected chi connectivity index (χ1v) is 6.68. The van der Waals surface area contributed by atoms with Gasteiger partial charge >= 0.3 is 0 Å². The van der Waals surface area contributed by atoms with Gasteiger partial charge < -0.3 is 10.0 Å². The molecule has 86 valence electrons. The molecule has 1 amide bonds. The van der Waals surface area contributed by atoms with Gasteiger partial charge in [-0.3, -0.25) is 4.79 Å². The molecule has 1 atom stereocenters. The van der Waals surface area contributed by atoms with E-state index >= 15 is 0 Å². The molecule has 3 nitrogen and oxygen atoms in total. The van der Waals surface area contributed by atoms with Gasteiger partial charge in [-0.05, 0) is 24.4 Å². The van der Waals surface area contributed by atoms with Gasteiger partial charge in [-0.15, -0.1) is 22.7 Å². The summed E-state index contributed by atoms with van der Waals surface area (Å²) in [4.78, 5) is 14.4. The van der Waals surface area contributed by atoms with Gasteiger partial charge in [0.05, 0.1) is 17.5 Å². The molecular formula is C11H13NO2S2. The zero-order valence-electron chi connectivity index (χ0n) is 9.14. The standard InChI is InChI=1S/C11H13NO2S2/c1-7(6-13)12(2)11(14)10-5-9-8(16-10)3-4-15-9/h3-5,7,13H,6H2,1-2H3. The Kier molecular flexibility index (Phi) is 3.28. The number of carbonyl (C=O) groups excluding carboxylic acids is 1. The van der Waals surface area contributed by atoms with Crippen LogP contribution in [0.25, 0.3) is 9.40 Å². The van der Waals surface area contributed by atoms with Gasteiger partial charge in [-0.2, -0.15) is 0 Å². The smallest absolute Gasteiger partial charge is 0.264 e. The zero-order chi connectivity index (χ0) is 11.7. The summed E-state index contributed by atoms with van der Waals surface area (Å²) in [6.45, 7) is 1.82. The summed E-state index contributed by atoms with van der Waals surface area (Å²) in [5, 5.41) is 11.0.